The summed E-state index contributed by atoms with van der Waals surface area (Å²) in [6, 6.07) is 8.78. The number of hydrogen-bond acceptors (Lipinski definition) is 2. The fourth-order valence-corrected chi connectivity index (χ4v) is 2.44. The van der Waals surface area contributed by atoms with Gasteiger partial charge in [-0.1, -0.05) is 49.6 Å². The van der Waals surface area contributed by atoms with E-state index in [2.05, 4.69) is 0 Å². The van der Waals surface area contributed by atoms with Gasteiger partial charge in [-0.15, -0.1) is 0 Å². The third-order valence-electron chi connectivity index (χ3n) is 3.81. The van der Waals surface area contributed by atoms with Crippen molar-refractivity contribution < 1.29 is 14.7 Å². The van der Waals surface area contributed by atoms with Crippen LogP contribution in [0.15, 0.2) is 30.3 Å². The highest BCUT2D eigenvalue weighted by Crippen LogP contribution is 2.31. The van der Waals surface area contributed by atoms with Crippen molar-refractivity contribution in [2.45, 2.75) is 38.3 Å². The van der Waals surface area contributed by atoms with Crippen LogP contribution < -0.4 is 0 Å². The first kappa shape index (κ1) is 13.6. The van der Waals surface area contributed by atoms with Gasteiger partial charge in [-0.3, -0.25) is 4.79 Å². The Morgan fingerprint density at radius 2 is 2.05 bits per heavy atom. The molecule has 1 N–H and O–H groups in total. The molecule has 1 saturated carbocycles. The average Bonchev–Trinajstić information content (AvgIpc) is 2.36. The summed E-state index contributed by atoms with van der Waals surface area (Å²) >= 11 is 0. The number of nitrogens with zero attached hydrogens (tertiary/aromatic N) is 1. The Morgan fingerprint density at radius 1 is 1.37 bits per heavy atom. The molecule has 0 aliphatic heterocycles. The lowest BCUT2D eigenvalue weighted by molar-refractivity contribution is -0.147. The number of carbonyl (C=O) groups is 2. The topological polar surface area (TPSA) is 57.6 Å². The van der Waals surface area contributed by atoms with E-state index in [1.165, 1.54) is 11.3 Å². The highest BCUT2D eigenvalue weighted by Gasteiger charge is 2.30. The molecule has 0 heterocycles. The zero-order valence-corrected chi connectivity index (χ0v) is 10.9. The van der Waals surface area contributed by atoms with Gasteiger partial charge in [0.15, 0.2) is 0 Å². The zero-order valence-electron chi connectivity index (χ0n) is 10.9. The first-order valence-corrected chi connectivity index (χ1v) is 6.68. The lowest BCUT2D eigenvalue weighted by Gasteiger charge is -2.32. The van der Waals surface area contributed by atoms with Gasteiger partial charge in [-0.25, -0.2) is 4.79 Å². The van der Waals surface area contributed by atoms with E-state index in [9.17, 15) is 14.7 Å². The molecule has 1 amide bonds. The summed E-state index contributed by atoms with van der Waals surface area (Å²) in [7, 11) is 0. The van der Waals surface area contributed by atoms with Gasteiger partial charge < -0.3 is 10.0 Å². The Bertz CT molecular complexity index is 428. The molecule has 1 fully saturated rings. The van der Waals surface area contributed by atoms with E-state index in [0.717, 1.165) is 18.4 Å². The van der Waals surface area contributed by atoms with Crippen molar-refractivity contribution in [1.82, 2.24) is 4.90 Å². The maximum atomic E-state index is 11.4. The van der Waals surface area contributed by atoms with E-state index in [0.29, 0.717) is 25.3 Å². The molecule has 1 aliphatic rings. The summed E-state index contributed by atoms with van der Waals surface area (Å²) in [6.45, 7) is 0.355. The first-order valence-electron chi connectivity index (χ1n) is 6.68. The number of carboxylic acids is 1. The van der Waals surface area contributed by atoms with Crippen LogP contribution in [0.5, 0.6) is 0 Å². The Morgan fingerprint density at radius 3 is 2.53 bits per heavy atom. The van der Waals surface area contributed by atoms with Crippen molar-refractivity contribution in [1.29, 1.82) is 0 Å². The molecular formula is C15H19NO3. The molecule has 2 rings (SSSR count). The van der Waals surface area contributed by atoms with Crippen molar-refractivity contribution in [2.75, 3.05) is 0 Å². The van der Waals surface area contributed by atoms with E-state index in [1.54, 1.807) is 0 Å². The van der Waals surface area contributed by atoms with Crippen molar-refractivity contribution in [3.63, 3.8) is 0 Å². The van der Waals surface area contributed by atoms with Crippen LogP contribution in [0.1, 0.15) is 31.2 Å². The van der Waals surface area contributed by atoms with Gasteiger partial charge in [0.1, 0.15) is 6.04 Å². The molecule has 0 aromatic heterocycles. The minimum absolute atomic E-state index is 0.355. The van der Waals surface area contributed by atoms with Gasteiger partial charge in [0, 0.05) is 6.54 Å². The second kappa shape index (κ2) is 6.36. The molecule has 102 valence electrons. The fraction of sp³-hybridized carbons (Fsp3) is 0.467. The van der Waals surface area contributed by atoms with E-state index in [-0.39, 0.29) is 0 Å². The highest BCUT2D eigenvalue weighted by molar-refractivity contribution is 5.76. The molecule has 0 bridgehead atoms. The van der Waals surface area contributed by atoms with Gasteiger partial charge in [-0.05, 0) is 17.9 Å². The Kier molecular flexibility index (Phi) is 4.55. The smallest absolute Gasteiger partial charge is 0.326 e. The molecule has 0 saturated heterocycles. The number of carbonyl (C=O) groups excluding carboxylic acids is 1. The second-order valence-electron chi connectivity index (χ2n) is 5.15. The molecule has 1 aliphatic carbocycles. The number of aliphatic carboxylic acids is 1. The van der Waals surface area contributed by atoms with Crippen molar-refractivity contribution in [2.24, 2.45) is 5.92 Å². The number of rotatable bonds is 7. The van der Waals surface area contributed by atoms with E-state index < -0.39 is 12.0 Å². The van der Waals surface area contributed by atoms with Crippen LogP contribution in [0.2, 0.25) is 0 Å². The molecule has 0 spiro atoms. The standard InChI is InChI=1S/C15H19NO3/c17-11-16(10-13-5-2-1-3-6-13)14(15(18)19)9-12-7-4-8-12/h1-3,5-6,11-12,14H,4,7-10H2,(H,18,19). The predicted molar refractivity (Wildman–Crippen MR) is 71.4 cm³/mol. The summed E-state index contributed by atoms with van der Waals surface area (Å²) in [4.78, 5) is 24.0. The van der Waals surface area contributed by atoms with Crippen LogP contribution in [0.4, 0.5) is 0 Å². The van der Waals surface area contributed by atoms with E-state index >= 15 is 0 Å². The molecule has 1 aromatic rings. The quantitative estimate of drug-likeness (QED) is 0.766. The second-order valence-corrected chi connectivity index (χ2v) is 5.15. The van der Waals surface area contributed by atoms with Crippen molar-refractivity contribution >= 4 is 12.4 Å². The highest BCUT2D eigenvalue weighted by atomic mass is 16.4. The summed E-state index contributed by atoms with van der Waals surface area (Å²) in [5.41, 5.74) is 0.953. The molecule has 1 atom stereocenters. The van der Waals surface area contributed by atoms with Crippen LogP contribution in [0.3, 0.4) is 0 Å². The minimum Gasteiger partial charge on any atom is -0.480 e. The third kappa shape index (κ3) is 3.56. The number of amides is 1. The molecule has 0 radical (unpaired) electrons. The summed E-state index contributed by atoms with van der Waals surface area (Å²) in [6.07, 6.45) is 4.58. The van der Waals surface area contributed by atoms with Crippen LogP contribution in [0.25, 0.3) is 0 Å². The van der Waals surface area contributed by atoms with Crippen molar-refractivity contribution in [3.8, 4) is 0 Å². The molecule has 1 unspecified atom stereocenters. The summed E-state index contributed by atoms with van der Waals surface area (Å²) < 4.78 is 0. The maximum absolute atomic E-state index is 11.4. The SMILES string of the molecule is O=CN(Cc1ccccc1)C(CC1CCC1)C(=O)O. The molecule has 4 heteroatoms. The van der Waals surface area contributed by atoms with Crippen LogP contribution in [-0.4, -0.2) is 28.4 Å². The maximum Gasteiger partial charge on any atom is 0.326 e. The summed E-state index contributed by atoms with van der Waals surface area (Å²) in [5.74, 6) is -0.450. The number of hydrogen-bond donors (Lipinski definition) is 1. The van der Waals surface area contributed by atoms with Crippen LogP contribution >= 0.6 is 0 Å². The van der Waals surface area contributed by atoms with Gasteiger partial charge in [-0.2, -0.15) is 0 Å². The molecule has 4 nitrogen and oxygen atoms in total. The van der Waals surface area contributed by atoms with E-state index in [4.69, 9.17) is 0 Å². The monoisotopic (exact) mass is 261 g/mol. The van der Waals surface area contributed by atoms with E-state index in [1.807, 2.05) is 30.3 Å². The van der Waals surface area contributed by atoms with Gasteiger partial charge in [0.2, 0.25) is 6.41 Å². The average molecular weight is 261 g/mol. The molecule has 1 aromatic carbocycles. The Balaban J connectivity index is 2.03. The molecule has 19 heavy (non-hydrogen) atoms. The van der Waals surface area contributed by atoms with Gasteiger partial charge in [0.25, 0.3) is 0 Å². The lowest BCUT2D eigenvalue weighted by atomic mass is 9.80. The first-order chi connectivity index (χ1) is 9.20. The Labute approximate surface area is 113 Å². The minimum atomic E-state index is -0.907. The van der Waals surface area contributed by atoms with Crippen molar-refractivity contribution in [3.05, 3.63) is 35.9 Å². The Hall–Kier alpha value is -1.84. The van der Waals surface area contributed by atoms with Gasteiger partial charge >= 0.3 is 5.97 Å². The normalized spacial score (nSPS) is 16.4. The number of benzene rings is 1. The van der Waals surface area contributed by atoms with Gasteiger partial charge in [0.05, 0.1) is 0 Å². The predicted octanol–water partition coefficient (Wildman–Crippen LogP) is 2.29. The third-order valence-corrected chi connectivity index (χ3v) is 3.81. The van der Waals surface area contributed by atoms with Crippen LogP contribution in [0, 0.1) is 5.92 Å². The summed E-state index contributed by atoms with van der Waals surface area (Å²) in [5, 5.41) is 9.32. The largest absolute Gasteiger partial charge is 0.480 e. The molecular weight excluding hydrogens is 242 g/mol. The number of carboxylic acid groups (broad SMARTS) is 1. The van der Waals surface area contributed by atoms with Crippen LogP contribution in [-0.2, 0) is 16.1 Å². The fourth-order valence-electron chi connectivity index (χ4n) is 2.44. The zero-order chi connectivity index (χ0) is 13.7. The lowest BCUT2D eigenvalue weighted by Crippen LogP contribution is -2.42.